The van der Waals surface area contributed by atoms with Crippen LogP contribution in [0.4, 0.5) is 4.79 Å². The molecular formula is C24H36N2O3. The summed E-state index contributed by atoms with van der Waals surface area (Å²) >= 11 is 0. The van der Waals surface area contributed by atoms with E-state index in [1.165, 1.54) is 24.0 Å². The van der Waals surface area contributed by atoms with E-state index >= 15 is 0 Å². The molecule has 2 fully saturated rings. The van der Waals surface area contributed by atoms with Crippen LogP contribution < -0.4 is 5.32 Å². The van der Waals surface area contributed by atoms with Crippen molar-refractivity contribution >= 4 is 12.0 Å². The van der Waals surface area contributed by atoms with E-state index in [1.54, 1.807) is 0 Å². The topological polar surface area (TPSA) is 58.6 Å². The molecular weight excluding hydrogens is 364 g/mol. The van der Waals surface area contributed by atoms with Gasteiger partial charge in [0.25, 0.3) is 0 Å². The van der Waals surface area contributed by atoms with Crippen LogP contribution in [-0.4, -0.2) is 36.6 Å². The molecule has 1 aliphatic heterocycles. The molecule has 0 radical (unpaired) electrons. The Balaban J connectivity index is 1.53. The zero-order valence-electron chi connectivity index (χ0n) is 18.0. The van der Waals surface area contributed by atoms with E-state index in [1.807, 2.05) is 11.8 Å². The lowest BCUT2D eigenvalue weighted by Gasteiger charge is -2.32. The summed E-state index contributed by atoms with van der Waals surface area (Å²) in [7, 11) is 0. The zero-order chi connectivity index (χ0) is 20.6. The predicted molar refractivity (Wildman–Crippen MR) is 115 cm³/mol. The molecule has 29 heavy (non-hydrogen) atoms. The normalized spacial score (nSPS) is 25.2. The van der Waals surface area contributed by atoms with Crippen LogP contribution in [-0.2, 0) is 9.53 Å². The molecule has 1 saturated heterocycles. The van der Waals surface area contributed by atoms with Crippen molar-refractivity contribution < 1.29 is 14.3 Å². The highest BCUT2D eigenvalue weighted by Crippen LogP contribution is 2.31. The summed E-state index contributed by atoms with van der Waals surface area (Å²) in [6.45, 7) is 5.92. The monoisotopic (exact) mass is 400 g/mol. The number of rotatable bonds is 5. The van der Waals surface area contributed by atoms with E-state index in [0.717, 1.165) is 45.1 Å². The predicted octanol–water partition coefficient (Wildman–Crippen LogP) is 4.99. The third kappa shape index (κ3) is 5.97. The van der Waals surface area contributed by atoms with Crippen molar-refractivity contribution in [2.75, 3.05) is 19.7 Å². The lowest BCUT2D eigenvalue weighted by atomic mass is 9.82. The van der Waals surface area contributed by atoms with Crippen LogP contribution in [0.5, 0.6) is 0 Å². The molecule has 2 amide bonds. The molecule has 3 rings (SSSR count). The summed E-state index contributed by atoms with van der Waals surface area (Å²) in [4.78, 5) is 27.0. The fourth-order valence-corrected chi connectivity index (χ4v) is 4.68. The second kappa shape index (κ2) is 10.7. The molecule has 0 bridgehead atoms. The van der Waals surface area contributed by atoms with Crippen molar-refractivity contribution in [1.29, 1.82) is 0 Å². The highest BCUT2D eigenvalue weighted by molar-refractivity contribution is 5.75. The molecule has 1 saturated carbocycles. The number of benzene rings is 1. The quantitative estimate of drug-likeness (QED) is 0.708. The lowest BCUT2D eigenvalue weighted by Crippen LogP contribution is -2.44. The largest absolute Gasteiger partial charge is 0.466 e. The Hall–Kier alpha value is -2.04. The van der Waals surface area contributed by atoms with Crippen LogP contribution in [0.1, 0.15) is 75.5 Å². The van der Waals surface area contributed by atoms with Gasteiger partial charge in [0.15, 0.2) is 0 Å². The number of likely N-dealkylation sites (tertiary alicyclic amines) is 1. The first-order valence-corrected chi connectivity index (χ1v) is 11.4. The second-order valence-electron chi connectivity index (χ2n) is 8.62. The van der Waals surface area contributed by atoms with E-state index in [9.17, 15) is 9.59 Å². The van der Waals surface area contributed by atoms with E-state index < -0.39 is 0 Å². The molecule has 1 N–H and O–H groups in total. The summed E-state index contributed by atoms with van der Waals surface area (Å²) in [5.74, 6) is 0.438. The van der Waals surface area contributed by atoms with Crippen LogP contribution >= 0.6 is 0 Å². The van der Waals surface area contributed by atoms with Crippen LogP contribution in [0.3, 0.4) is 0 Å². The number of nitrogens with one attached hydrogen (secondary N) is 1. The number of hydrogen-bond acceptors (Lipinski definition) is 3. The maximum Gasteiger partial charge on any atom is 0.317 e. The SMILES string of the molecule is CCOC(=O)C1CCC(CNC(=O)N2CCCCCC2c2ccc(C)cc2)CC1. The van der Waals surface area contributed by atoms with Gasteiger partial charge < -0.3 is 15.0 Å². The van der Waals surface area contributed by atoms with Gasteiger partial charge in [-0.2, -0.15) is 0 Å². The third-order valence-electron chi connectivity index (χ3n) is 6.48. The molecule has 1 aromatic carbocycles. The smallest absolute Gasteiger partial charge is 0.317 e. The van der Waals surface area contributed by atoms with E-state index in [0.29, 0.717) is 19.1 Å². The van der Waals surface area contributed by atoms with Gasteiger partial charge in [-0.05, 0) is 63.9 Å². The van der Waals surface area contributed by atoms with Crippen LogP contribution in [0.25, 0.3) is 0 Å². The molecule has 1 heterocycles. The van der Waals surface area contributed by atoms with Crippen LogP contribution in [0.2, 0.25) is 0 Å². The number of urea groups is 1. The number of carbonyl (C=O) groups excluding carboxylic acids is 2. The van der Waals surface area contributed by atoms with E-state index in [-0.39, 0.29) is 24.0 Å². The number of ether oxygens (including phenoxy) is 1. The van der Waals surface area contributed by atoms with Gasteiger partial charge in [-0.25, -0.2) is 4.79 Å². The lowest BCUT2D eigenvalue weighted by molar-refractivity contribution is -0.149. The summed E-state index contributed by atoms with van der Waals surface area (Å²) in [5, 5.41) is 3.20. The van der Waals surface area contributed by atoms with Crippen LogP contribution in [0.15, 0.2) is 24.3 Å². The Bertz CT molecular complexity index is 665. The minimum absolute atomic E-state index is 0.0402. The van der Waals surface area contributed by atoms with Gasteiger partial charge in [0.1, 0.15) is 0 Å². The average molecular weight is 401 g/mol. The first-order valence-electron chi connectivity index (χ1n) is 11.4. The highest BCUT2D eigenvalue weighted by atomic mass is 16.5. The zero-order valence-corrected chi connectivity index (χ0v) is 18.0. The molecule has 2 aliphatic rings. The summed E-state index contributed by atoms with van der Waals surface area (Å²) < 4.78 is 5.15. The summed E-state index contributed by atoms with van der Waals surface area (Å²) in [6, 6.07) is 8.84. The number of hydrogen-bond donors (Lipinski definition) is 1. The maximum absolute atomic E-state index is 13.0. The van der Waals surface area contributed by atoms with Crippen molar-refractivity contribution in [1.82, 2.24) is 10.2 Å². The van der Waals surface area contributed by atoms with Crippen molar-refractivity contribution in [2.24, 2.45) is 11.8 Å². The number of aryl methyl sites for hydroxylation is 1. The van der Waals surface area contributed by atoms with E-state index in [4.69, 9.17) is 4.74 Å². The van der Waals surface area contributed by atoms with Gasteiger partial charge in [-0.15, -0.1) is 0 Å². The molecule has 5 nitrogen and oxygen atoms in total. The Morgan fingerprint density at radius 3 is 2.45 bits per heavy atom. The standard InChI is InChI=1S/C24H36N2O3/c1-3-29-23(27)21-14-10-19(11-15-21)17-25-24(28)26-16-6-4-5-7-22(26)20-12-8-18(2)9-13-20/h8-9,12-13,19,21-22H,3-7,10-11,14-17H2,1-2H3,(H,25,28). The number of nitrogens with zero attached hydrogens (tertiary/aromatic N) is 1. The summed E-state index contributed by atoms with van der Waals surface area (Å²) in [5.41, 5.74) is 2.49. The number of esters is 1. The molecule has 0 aromatic heterocycles. The fourth-order valence-electron chi connectivity index (χ4n) is 4.68. The Morgan fingerprint density at radius 1 is 1.03 bits per heavy atom. The molecule has 1 aromatic rings. The van der Waals surface area contributed by atoms with Gasteiger partial charge >= 0.3 is 12.0 Å². The fraction of sp³-hybridized carbons (Fsp3) is 0.667. The minimum atomic E-state index is -0.0551. The first-order chi connectivity index (χ1) is 14.1. The van der Waals surface area contributed by atoms with Crippen molar-refractivity contribution in [2.45, 2.75) is 71.3 Å². The van der Waals surface area contributed by atoms with Gasteiger partial charge in [-0.1, -0.05) is 42.7 Å². The Labute approximate surface area is 175 Å². The molecule has 1 unspecified atom stereocenters. The summed E-state index contributed by atoms with van der Waals surface area (Å²) in [6.07, 6.45) is 8.15. The Kier molecular flexibility index (Phi) is 7.96. The van der Waals surface area contributed by atoms with Gasteiger partial charge in [-0.3, -0.25) is 4.79 Å². The van der Waals surface area contributed by atoms with E-state index in [2.05, 4.69) is 36.5 Å². The first kappa shape index (κ1) is 21.7. The second-order valence-corrected chi connectivity index (χ2v) is 8.62. The van der Waals surface area contributed by atoms with Crippen LogP contribution in [0, 0.1) is 18.8 Å². The minimum Gasteiger partial charge on any atom is -0.466 e. The molecule has 0 spiro atoms. The molecule has 1 atom stereocenters. The van der Waals surface area contributed by atoms with Gasteiger partial charge in [0.05, 0.1) is 18.6 Å². The molecule has 5 heteroatoms. The van der Waals surface area contributed by atoms with Crippen molar-refractivity contribution in [3.63, 3.8) is 0 Å². The molecule has 1 aliphatic carbocycles. The number of amides is 2. The van der Waals surface area contributed by atoms with Crippen molar-refractivity contribution in [3.05, 3.63) is 35.4 Å². The average Bonchev–Trinajstić information content (AvgIpc) is 2.99. The Morgan fingerprint density at radius 2 is 1.76 bits per heavy atom. The third-order valence-corrected chi connectivity index (χ3v) is 6.48. The highest BCUT2D eigenvalue weighted by Gasteiger charge is 2.29. The maximum atomic E-state index is 13.0. The van der Waals surface area contributed by atoms with Gasteiger partial charge in [0, 0.05) is 13.1 Å². The molecule has 160 valence electrons. The number of carbonyl (C=O) groups is 2. The van der Waals surface area contributed by atoms with Crippen molar-refractivity contribution in [3.8, 4) is 0 Å². The van der Waals surface area contributed by atoms with Gasteiger partial charge in [0.2, 0.25) is 0 Å².